The van der Waals surface area contributed by atoms with Gasteiger partial charge < -0.3 is 15.2 Å². The number of benzene rings is 2. The predicted octanol–water partition coefficient (Wildman–Crippen LogP) is 4.66. The summed E-state index contributed by atoms with van der Waals surface area (Å²) in [5.74, 6) is -0.960. The molecule has 0 saturated carbocycles. The predicted molar refractivity (Wildman–Crippen MR) is 103 cm³/mol. The maximum atomic E-state index is 11.2. The summed E-state index contributed by atoms with van der Waals surface area (Å²) < 4.78 is 6.19. The van der Waals surface area contributed by atoms with Gasteiger partial charge in [0.2, 0.25) is 0 Å². The van der Waals surface area contributed by atoms with Crippen molar-refractivity contribution in [2.24, 2.45) is 0 Å². The molecular weight excluding hydrogens is 358 g/mol. The van der Waals surface area contributed by atoms with Gasteiger partial charge in [-0.25, -0.2) is 0 Å². The third-order valence-electron chi connectivity index (χ3n) is 4.44. The summed E-state index contributed by atoms with van der Waals surface area (Å²) in [4.78, 5) is 11.6. The molecule has 0 spiro atoms. The number of ether oxygens (including phenoxy) is 1. The third-order valence-corrected chi connectivity index (χ3v) is 5.04. The van der Waals surface area contributed by atoms with Gasteiger partial charge in [0.15, 0.2) is 0 Å². The molecule has 3 rings (SSSR count). The van der Waals surface area contributed by atoms with Gasteiger partial charge in [-0.05, 0) is 48.7 Å². The first-order valence-corrected chi connectivity index (χ1v) is 8.69. The summed E-state index contributed by atoms with van der Waals surface area (Å²) in [5, 5.41) is 12.9. The summed E-state index contributed by atoms with van der Waals surface area (Å²) in [5.41, 5.74) is 4.84. The highest BCUT2D eigenvalue weighted by molar-refractivity contribution is 7.80. The number of halogens is 1. The molecule has 0 aliphatic carbocycles. The van der Waals surface area contributed by atoms with Gasteiger partial charge in [-0.1, -0.05) is 42.0 Å². The number of aliphatic carboxylic acids is 1. The molecule has 0 saturated heterocycles. The van der Waals surface area contributed by atoms with Crippen LogP contribution in [0.4, 0.5) is 5.69 Å². The van der Waals surface area contributed by atoms with Gasteiger partial charge in [-0.15, -0.1) is 0 Å². The summed E-state index contributed by atoms with van der Waals surface area (Å²) in [7, 11) is 0. The first kappa shape index (κ1) is 17.9. The largest absolute Gasteiger partial charge is 0.481 e. The Labute approximate surface area is 156 Å². The summed E-state index contributed by atoms with van der Waals surface area (Å²) in [6, 6.07) is 11.4. The maximum Gasteiger partial charge on any atom is 0.306 e. The summed E-state index contributed by atoms with van der Waals surface area (Å²) in [6.07, 6.45) is -1.37. The van der Waals surface area contributed by atoms with E-state index in [1.807, 2.05) is 44.2 Å². The zero-order valence-corrected chi connectivity index (χ0v) is 15.4. The van der Waals surface area contributed by atoms with E-state index in [2.05, 4.69) is 5.32 Å². The molecule has 0 aromatic heterocycles. The molecule has 130 valence electrons. The lowest BCUT2D eigenvalue weighted by molar-refractivity contribution is -0.139. The molecule has 25 heavy (non-hydrogen) atoms. The van der Waals surface area contributed by atoms with E-state index in [9.17, 15) is 9.90 Å². The Morgan fingerprint density at radius 3 is 2.76 bits per heavy atom. The van der Waals surface area contributed by atoms with E-state index >= 15 is 0 Å². The first-order valence-electron chi connectivity index (χ1n) is 7.90. The molecule has 2 atom stereocenters. The standard InChI is InChI=1S/C19H18ClNO3S/c1-10-4-3-5-13(11(10)2)18-14-8-12(20)6-7-15(14)21-19(25)16(24-18)9-17(22)23/h3-8,16,18H,9H2,1-2H3,(H,21,25)(H,22,23)/t16-,18-/m1/s1. The molecule has 1 heterocycles. The normalized spacial score (nSPS) is 19.7. The van der Waals surface area contributed by atoms with Crippen LogP contribution in [-0.4, -0.2) is 22.2 Å². The highest BCUT2D eigenvalue weighted by Crippen LogP contribution is 2.39. The number of nitrogens with one attached hydrogen (secondary N) is 1. The molecule has 0 fully saturated rings. The van der Waals surface area contributed by atoms with Gasteiger partial charge in [0.1, 0.15) is 17.2 Å². The van der Waals surface area contributed by atoms with Gasteiger partial charge >= 0.3 is 5.97 Å². The second kappa shape index (κ2) is 7.12. The lowest BCUT2D eigenvalue weighted by Crippen LogP contribution is -2.30. The molecule has 0 radical (unpaired) electrons. The number of hydrogen-bond donors (Lipinski definition) is 2. The van der Waals surface area contributed by atoms with Crippen LogP contribution in [0.3, 0.4) is 0 Å². The van der Waals surface area contributed by atoms with Crippen molar-refractivity contribution in [2.75, 3.05) is 5.32 Å². The fourth-order valence-corrected chi connectivity index (χ4v) is 3.40. The van der Waals surface area contributed by atoms with Crippen LogP contribution < -0.4 is 5.32 Å². The van der Waals surface area contributed by atoms with Crippen molar-refractivity contribution in [1.82, 2.24) is 0 Å². The van der Waals surface area contributed by atoms with E-state index < -0.39 is 18.2 Å². The number of anilines is 1. The van der Waals surface area contributed by atoms with Crippen LogP contribution in [0.5, 0.6) is 0 Å². The minimum Gasteiger partial charge on any atom is -0.481 e. The van der Waals surface area contributed by atoms with Crippen molar-refractivity contribution >= 4 is 40.5 Å². The minimum absolute atomic E-state index is 0.199. The second-order valence-electron chi connectivity index (χ2n) is 6.11. The van der Waals surface area contributed by atoms with Crippen LogP contribution >= 0.6 is 23.8 Å². The Kier molecular flexibility index (Phi) is 5.08. The van der Waals surface area contributed by atoms with E-state index in [1.165, 1.54) is 0 Å². The molecule has 0 bridgehead atoms. The monoisotopic (exact) mass is 375 g/mol. The molecule has 0 unspecified atom stereocenters. The molecule has 2 aromatic carbocycles. The Bertz CT molecular complexity index is 853. The number of thiocarbonyl (C=S) groups is 1. The number of rotatable bonds is 3. The molecule has 1 aliphatic heterocycles. The van der Waals surface area contributed by atoms with Gasteiger partial charge in [0.05, 0.1) is 6.42 Å². The van der Waals surface area contributed by atoms with Crippen molar-refractivity contribution in [3.8, 4) is 0 Å². The minimum atomic E-state index is -0.960. The van der Waals surface area contributed by atoms with Crippen molar-refractivity contribution in [3.05, 3.63) is 63.7 Å². The van der Waals surface area contributed by atoms with E-state index in [4.69, 9.17) is 28.6 Å². The van der Waals surface area contributed by atoms with Crippen LogP contribution in [0.25, 0.3) is 0 Å². The van der Waals surface area contributed by atoms with Gasteiger partial charge in [-0.3, -0.25) is 4.79 Å². The van der Waals surface area contributed by atoms with Crippen LogP contribution in [0, 0.1) is 13.8 Å². The highest BCUT2D eigenvalue weighted by Gasteiger charge is 2.31. The summed E-state index contributed by atoms with van der Waals surface area (Å²) in [6.45, 7) is 4.06. The van der Waals surface area contributed by atoms with Crippen molar-refractivity contribution < 1.29 is 14.6 Å². The quantitative estimate of drug-likeness (QED) is 0.764. The van der Waals surface area contributed by atoms with Crippen LogP contribution in [0.15, 0.2) is 36.4 Å². The molecule has 2 N–H and O–H groups in total. The van der Waals surface area contributed by atoms with Gasteiger partial charge in [0, 0.05) is 16.3 Å². The maximum absolute atomic E-state index is 11.2. The summed E-state index contributed by atoms with van der Waals surface area (Å²) >= 11 is 11.6. The molecule has 6 heteroatoms. The van der Waals surface area contributed by atoms with Crippen molar-refractivity contribution in [2.45, 2.75) is 32.5 Å². The van der Waals surface area contributed by atoms with E-state index in [1.54, 1.807) is 6.07 Å². The lowest BCUT2D eigenvalue weighted by Gasteiger charge is -2.24. The average molecular weight is 376 g/mol. The zero-order chi connectivity index (χ0) is 18.1. The number of carbonyl (C=O) groups is 1. The first-order chi connectivity index (χ1) is 11.9. The van der Waals surface area contributed by atoms with E-state index in [0.717, 1.165) is 27.9 Å². The Balaban J connectivity index is 2.15. The smallest absolute Gasteiger partial charge is 0.306 e. The number of hydrogen-bond acceptors (Lipinski definition) is 3. The SMILES string of the molecule is Cc1cccc([C@H]2O[C@H](CC(=O)O)C(=S)Nc3ccc(Cl)cc32)c1C. The van der Waals surface area contributed by atoms with Crippen molar-refractivity contribution in [1.29, 1.82) is 0 Å². The Hall–Kier alpha value is -1.95. The molecule has 0 amide bonds. The number of aryl methyl sites for hydroxylation is 1. The van der Waals surface area contributed by atoms with E-state index in [0.29, 0.717) is 10.0 Å². The number of carboxylic acid groups (broad SMARTS) is 1. The van der Waals surface area contributed by atoms with Crippen LogP contribution in [0.1, 0.15) is 34.8 Å². The third kappa shape index (κ3) is 3.68. The fraction of sp³-hybridized carbons (Fsp3) is 0.263. The fourth-order valence-electron chi connectivity index (χ4n) is 2.98. The van der Waals surface area contributed by atoms with E-state index in [-0.39, 0.29) is 6.42 Å². The molecule has 2 aromatic rings. The van der Waals surface area contributed by atoms with Gasteiger partial charge in [-0.2, -0.15) is 0 Å². The number of fused-ring (bicyclic) bond motifs is 1. The Morgan fingerprint density at radius 1 is 1.28 bits per heavy atom. The second-order valence-corrected chi connectivity index (χ2v) is 6.99. The zero-order valence-electron chi connectivity index (χ0n) is 13.9. The average Bonchev–Trinajstić information content (AvgIpc) is 2.67. The highest BCUT2D eigenvalue weighted by atomic mass is 35.5. The molecule has 4 nitrogen and oxygen atoms in total. The lowest BCUT2D eigenvalue weighted by atomic mass is 9.93. The van der Waals surface area contributed by atoms with Gasteiger partial charge in [0.25, 0.3) is 0 Å². The van der Waals surface area contributed by atoms with Crippen LogP contribution in [-0.2, 0) is 9.53 Å². The molecule has 1 aliphatic rings. The molecular formula is C19H18ClNO3S. The van der Waals surface area contributed by atoms with Crippen molar-refractivity contribution in [3.63, 3.8) is 0 Å². The van der Waals surface area contributed by atoms with Crippen LogP contribution in [0.2, 0.25) is 5.02 Å². The Morgan fingerprint density at radius 2 is 2.04 bits per heavy atom. The topological polar surface area (TPSA) is 58.6 Å². The number of carboxylic acids is 1.